The molecule has 2 nitrogen and oxygen atoms in total. The molecule has 0 radical (unpaired) electrons. The Morgan fingerprint density at radius 3 is 2.17 bits per heavy atom. The first-order valence-electron chi connectivity index (χ1n) is 7.60. The summed E-state index contributed by atoms with van der Waals surface area (Å²) in [4.78, 5) is 4.96. The molecular formula is C15H32N2S. The third kappa shape index (κ3) is 5.50. The lowest BCUT2D eigenvalue weighted by Gasteiger charge is -2.40. The van der Waals surface area contributed by atoms with E-state index >= 15 is 0 Å². The lowest BCUT2D eigenvalue weighted by Crippen LogP contribution is -2.43. The standard InChI is InChI=1S/C15H32N2S/c1-4-10-17(12-11-16(2)3)13-15(14-18)8-6-5-7-9-15/h18H,4-14H2,1-3H3. The van der Waals surface area contributed by atoms with E-state index in [1.807, 2.05) is 0 Å². The van der Waals surface area contributed by atoms with Gasteiger partial charge in [-0.25, -0.2) is 0 Å². The molecule has 0 saturated heterocycles. The smallest absolute Gasteiger partial charge is 0.0109 e. The second-order valence-electron chi connectivity index (χ2n) is 6.30. The van der Waals surface area contributed by atoms with Gasteiger partial charge in [0.25, 0.3) is 0 Å². The Balaban J connectivity index is 2.50. The molecule has 0 bridgehead atoms. The topological polar surface area (TPSA) is 6.48 Å². The number of hydrogen-bond donors (Lipinski definition) is 1. The highest BCUT2D eigenvalue weighted by atomic mass is 32.1. The SMILES string of the molecule is CCCN(CCN(C)C)CC1(CS)CCCCC1. The minimum Gasteiger partial charge on any atom is -0.308 e. The Labute approximate surface area is 120 Å². The summed E-state index contributed by atoms with van der Waals surface area (Å²) >= 11 is 4.66. The maximum Gasteiger partial charge on any atom is 0.0109 e. The van der Waals surface area contributed by atoms with Gasteiger partial charge in [-0.2, -0.15) is 12.6 Å². The van der Waals surface area contributed by atoms with Crippen molar-refractivity contribution >= 4 is 12.6 Å². The lowest BCUT2D eigenvalue weighted by atomic mass is 9.75. The molecule has 1 rings (SSSR count). The van der Waals surface area contributed by atoms with E-state index in [2.05, 4.69) is 43.4 Å². The third-order valence-electron chi connectivity index (χ3n) is 4.21. The average Bonchev–Trinajstić information content (AvgIpc) is 2.37. The summed E-state index contributed by atoms with van der Waals surface area (Å²) in [5.74, 6) is 1.06. The summed E-state index contributed by atoms with van der Waals surface area (Å²) in [7, 11) is 4.33. The molecular weight excluding hydrogens is 240 g/mol. The molecule has 1 saturated carbocycles. The summed E-state index contributed by atoms with van der Waals surface area (Å²) < 4.78 is 0. The summed E-state index contributed by atoms with van der Waals surface area (Å²) in [6.45, 7) is 7.16. The summed E-state index contributed by atoms with van der Waals surface area (Å²) in [6.07, 6.45) is 8.29. The summed E-state index contributed by atoms with van der Waals surface area (Å²) in [5, 5.41) is 0. The molecule has 1 fully saturated rings. The highest BCUT2D eigenvalue weighted by molar-refractivity contribution is 7.80. The first kappa shape index (κ1) is 16.3. The quantitative estimate of drug-likeness (QED) is 0.678. The lowest BCUT2D eigenvalue weighted by molar-refractivity contribution is 0.119. The van der Waals surface area contributed by atoms with E-state index in [1.165, 1.54) is 64.7 Å². The van der Waals surface area contributed by atoms with Gasteiger partial charge in [0.05, 0.1) is 0 Å². The zero-order valence-corrected chi connectivity index (χ0v) is 13.5. The van der Waals surface area contributed by atoms with Crippen LogP contribution in [0.1, 0.15) is 45.4 Å². The zero-order valence-electron chi connectivity index (χ0n) is 12.6. The van der Waals surface area contributed by atoms with Gasteiger partial charge >= 0.3 is 0 Å². The molecule has 1 aliphatic carbocycles. The maximum atomic E-state index is 4.66. The largest absolute Gasteiger partial charge is 0.308 e. The second kappa shape index (κ2) is 8.44. The van der Waals surface area contributed by atoms with Crippen molar-refractivity contribution in [3.8, 4) is 0 Å². The minimum atomic E-state index is 0.503. The van der Waals surface area contributed by atoms with Crippen LogP contribution < -0.4 is 0 Å². The Morgan fingerprint density at radius 2 is 1.67 bits per heavy atom. The van der Waals surface area contributed by atoms with E-state index in [0.29, 0.717) is 5.41 Å². The first-order chi connectivity index (χ1) is 8.62. The highest BCUT2D eigenvalue weighted by Gasteiger charge is 2.32. The van der Waals surface area contributed by atoms with Crippen molar-refractivity contribution in [2.24, 2.45) is 5.41 Å². The molecule has 1 aliphatic rings. The van der Waals surface area contributed by atoms with Gasteiger partial charge in [0.15, 0.2) is 0 Å². The van der Waals surface area contributed by atoms with Crippen LogP contribution in [0.4, 0.5) is 0 Å². The van der Waals surface area contributed by atoms with Crippen molar-refractivity contribution < 1.29 is 0 Å². The molecule has 0 atom stereocenters. The average molecular weight is 273 g/mol. The zero-order chi connectivity index (χ0) is 13.4. The molecule has 3 heteroatoms. The van der Waals surface area contributed by atoms with E-state index in [1.54, 1.807) is 0 Å². The summed E-state index contributed by atoms with van der Waals surface area (Å²) in [5.41, 5.74) is 0.503. The number of nitrogens with zero attached hydrogens (tertiary/aromatic N) is 2. The molecule has 0 unspecified atom stereocenters. The molecule has 0 aromatic carbocycles. The number of thiol groups is 1. The van der Waals surface area contributed by atoms with Crippen LogP contribution in [0.5, 0.6) is 0 Å². The number of hydrogen-bond acceptors (Lipinski definition) is 3. The van der Waals surface area contributed by atoms with Gasteiger partial charge in [-0.3, -0.25) is 0 Å². The fourth-order valence-corrected chi connectivity index (χ4v) is 3.49. The van der Waals surface area contributed by atoms with E-state index in [-0.39, 0.29) is 0 Å². The molecule has 108 valence electrons. The van der Waals surface area contributed by atoms with Crippen molar-refractivity contribution in [3.63, 3.8) is 0 Å². The van der Waals surface area contributed by atoms with Crippen molar-refractivity contribution in [2.45, 2.75) is 45.4 Å². The van der Waals surface area contributed by atoms with Crippen molar-refractivity contribution in [3.05, 3.63) is 0 Å². The maximum absolute atomic E-state index is 4.66. The van der Waals surface area contributed by atoms with Gasteiger partial charge in [0, 0.05) is 19.6 Å². The number of likely N-dealkylation sites (N-methyl/N-ethyl adjacent to an activating group) is 1. The van der Waals surface area contributed by atoms with Gasteiger partial charge in [-0.15, -0.1) is 0 Å². The normalized spacial score (nSPS) is 19.7. The van der Waals surface area contributed by atoms with E-state index in [9.17, 15) is 0 Å². The van der Waals surface area contributed by atoms with Crippen molar-refractivity contribution in [1.82, 2.24) is 9.80 Å². The monoisotopic (exact) mass is 272 g/mol. The van der Waals surface area contributed by atoms with E-state index < -0.39 is 0 Å². The molecule has 0 spiro atoms. The Kier molecular flexibility index (Phi) is 7.66. The van der Waals surface area contributed by atoms with Crippen molar-refractivity contribution in [1.29, 1.82) is 0 Å². The molecule has 0 aromatic rings. The molecule has 0 aromatic heterocycles. The van der Waals surface area contributed by atoms with E-state index in [0.717, 1.165) is 5.75 Å². The predicted molar refractivity (Wildman–Crippen MR) is 84.7 cm³/mol. The van der Waals surface area contributed by atoms with Crippen LogP contribution in [0.25, 0.3) is 0 Å². The van der Waals surface area contributed by atoms with Crippen LogP contribution in [-0.2, 0) is 0 Å². The molecule has 0 aliphatic heterocycles. The van der Waals surface area contributed by atoms with Crippen LogP contribution in [0.3, 0.4) is 0 Å². The van der Waals surface area contributed by atoms with Gasteiger partial charge in [0.2, 0.25) is 0 Å². The molecule has 18 heavy (non-hydrogen) atoms. The highest BCUT2D eigenvalue weighted by Crippen LogP contribution is 2.38. The fraction of sp³-hybridized carbons (Fsp3) is 1.00. The van der Waals surface area contributed by atoms with Crippen LogP contribution in [0, 0.1) is 5.41 Å². The molecule has 0 heterocycles. The van der Waals surface area contributed by atoms with Gasteiger partial charge in [0.1, 0.15) is 0 Å². The van der Waals surface area contributed by atoms with Crippen LogP contribution in [-0.4, -0.2) is 55.8 Å². The fourth-order valence-electron chi connectivity index (χ4n) is 3.07. The first-order valence-corrected chi connectivity index (χ1v) is 8.23. The predicted octanol–water partition coefficient (Wildman–Crippen LogP) is 3.14. The Morgan fingerprint density at radius 1 is 1.00 bits per heavy atom. The van der Waals surface area contributed by atoms with Gasteiger partial charge in [-0.05, 0) is 51.1 Å². The van der Waals surface area contributed by atoms with Crippen molar-refractivity contribution in [2.75, 3.05) is 46.0 Å². The third-order valence-corrected chi connectivity index (χ3v) is 4.88. The van der Waals surface area contributed by atoms with Crippen LogP contribution >= 0.6 is 12.6 Å². The second-order valence-corrected chi connectivity index (χ2v) is 6.61. The minimum absolute atomic E-state index is 0.503. The van der Waals surface area contributed by atoms with Gasteiger partial charge < -0.3 is 9.80 Å². The van der Waals surface area contributed by atoms with Crippen LogP contribution in [0.2, 0.25) is 0 Å². The molecule has 0 amide bonds. The summed E-state index contributed by atoms with van der Waals surface area (Å²) in [6, 6.07) is 0. The van der Waals surface area contributed by atoms with Crippen LogP contribution in [0.15, 0.2) is 0 Å². The number of rotatable bonds is 8. The Bertz CT molecular complexity index is 213. The molecule has 0 N–H and O–H groups in total. The van der Waals surface area contributed by atoms with E-state index in [4.69, 9.17) is 0 Å². The Hall–Kier alpha value is 0.270. The van der Waals surface area contributed by atoms with Gasteiger partial charge in [-0.1, -0.05) is 26.2 Å².